The Bertz CT molecular complexity index is 666. The number of primary amides is 1. The third-order valence-corrected chi connectivity index (χ3v) is 4.06. The van der Waals surface area contributed by atoms with E-state index in [1.54, 1.807) is 0 Å². The molecule has 1 aromatic carbocycles. The summed E-state index contributed by atoms with van der Waals surface area (Å²) in [6.07, 6.45) is 2.20. The zero-order chi connectivity index (χ0) is 20.9. The van der Waals surface area contributed by atoms with Crippen molar-refractivity contribution in [1.82, 2.24) is 16.0 Å². The summed E-state index contributed by atoms with van der Waals surface area (Å²) in [5.74, 6) is -2.10. The molecule has 0 radical (unpaired) electrons. The van der Waals surface area contributed by atoms with E-state index in [1.807, 2.05) is 6.92 Å². The van der Waals surface area contributed by atoms with E-state index in [0.717, 1.165) is 38.4 Å². The zero-order valence-corrected chi connectivity index (χ0v) is 16.2. The molecular formula is C19H30N4O5. The predicted molar refractivity (Wildman–Crippen MR) is 105 cm³/mol. The van der Waals surface area contributed by atoms with Gasteiger partial charge in [0.1, 0.15) is 17.5 Å². The molecule has 0 spiro atoms. The lowest BCUT2D eigenvalue weighted by Gasteiger charge is -2.17. The highest BCUT2D eigenvalue weighted by molar-refractivity contribution is 5.92. The van der Waals surface area contributed by atoms with Crippen molar-refractivity contribution < 1.29 is 24.6 Å². The average molecular weight is 394 g/mol. The monoisotopic (exact) mass is 394 g/mol. The Morgan fingerprint density at radius 2 is 1.82 bits per heavy atom. The first kappa shape index (κ1) is 23.2. The van der Waals surface area contributed by atoms with Gasteiger partial charge in [-0.1, -0.05) is 19.4 Å². The summed E-state index contributed by atoms with van der Waals surface area (Å²) >= 11 is 0. The molecule has 0 aliphatic carbocycles. The summed E-state index contributed by atoms with van der Waals surface area (Å²) in [5.41, 5.74) is 5.46. The standard InChI is InChI=1S/C19H30N4O5/c1-2-21-8-4-3-5-9-22-19(28)15(12-17(20)26)23-18(27)10-13-6-7-14(24)11-16(13)25/h6-7,11,15,21,24-25H,2-5,8-10,12H2,1H3,(H2,20,26)(H,22,28)(H,23,27)/t15-/m0/s1. The number of hydrogen-bond donors (Lipinski definition) is 6. The minimum atomic E-state index is -1.08. The van der Waals surface area contributed by atoms with Crippen LogP contribution in [0.25, 0.3) is 0 Å². The largest absolute Gasteiger partial charge is 0.508 e. The molecule has 9 heteroatoms. The molecule has 0 saturated carbocycles. The van der Waals surface area contributed by atoms with Crippen molar-refractivity contribution in [2.45, 2.75) is 45.1 Å². The van der Waals surface area contributed by atoms with Crippen LogP contribution >= 0.6 is 0 Å². The smallest absolute Gasteiger partial charge is 0.243 e. The molecule has 0 fully saturated rings. The van der Waals surface area contributed by atoms with Crippen LogP contribution in [0.5, 0.6) is 11.5 Å². The lowest BCUT2D eigenvalue weighted by Crippen LogP contribution is -2.49. The summed E-state index contributed by atoms with van der Waals surface area (Å²) in [4.78, 5) is 35.7. The summed E-state index contributed by atoms with van der Waals surface area (Å²) < 4.78 is 0. The molecule has 9 nitrogen and oxygen atoms in total. The van der Waals surface area contributed by atoms with E-state index in [2.05, 4.69) is 16.0 Å². The number of carbonyl (C=O) groups is 3. The van der Waals surface area contributed by atoms with Gasteiger partial charge < -0.3 is 31.9 Å². The van der Waals surface area contributed by atoms with Gasteiger partial charge >= 0.3 is 0 Å². The van der Waals surface area contributed by atoms with Crippen LogP contribution in [-0.2, 0) is 20.8 Å². The van der Waals surface area contributed by atoms with E-state index < -0.39 is 23.8 Å². The van der Waals surface area contributed by atoms with Crippen molar-refractivity contribution in [2.24, 2.45) is 5.73 Å². The van der Waals surface area contributed by atoms with E-state index in [-0.39, 0.29) is 29.9 Å². The molecular weight excluding hydrogens is 364 g/mol. The van der Waals surface area contributed by atoms with Crippen molar-refractivity contribution in [1.29, 1.82) is 0 Å². The second-order valence-electron chi connectivity index (χ2n) is 6.49. The molecule has 28 heavy (non-hydrogen) atoms. The van der Waals surface area contributed by atoms with Crippen LogP contribution in [0.15, 0.2) is 18.2 Å². The molecule has 3 amide bonds. The first-order valence-electron chi connectivity index (χ1n) is 9.40. The van der Waals surface area contributed by atoms with E-state index in [9.17, 15) is 24.6 Å². The fourth-order valence-electron chi connectivity index (χ4n) is 2.59. The van der Waals surface area contributed by atoms with Gasteiger partial charge in [0, 0.05) is 18.2 Å². The Labute approximate surface area is 164 Å². The predicted octanol–water partition coefficient (Wildman–Crippen LogP) is -0.103. The SMILES string of the molecule is CCNCCCCCNC(=O)[C@H](CC(N)=O)NC(=O)Cc1ccc(O)cc1O. The Balaban J connectivity index is 2.50. The van der Waals surface area contributed by atoms with E-state index in [0.29, 0.717) is 6.54 Å². The Hall–Kier alpha value is -2.81. The Morgan fingerprint density at radius 3 is 2.46 bits per heavy atom. The topological polar surface area (TPSA) is 154 Å². The number of aromatic hydroxyl groups is 2. The molecule has 1 atom stereocenters. The Morgan fingerprint density at radius 1 is 1.11 bits per heavy atom. The van der Waals surface area contributed by atoms with Gasteiger partial charge in [0.25, 0.3) is 0 Å². The quantitative estimate of drug-likeness (QED) is 0.257. The van der Waals surface area contributed by atoms with Gasteiger partial charge in [-0.3, -0.25) is 14.4 Å². The lowest BCUT2D eigenvalue weighted by atomic mass is 10.1. The molecule has 0 unspecified atom stereocenters. The van der Waals surface area contributed by atoms with Crippen molar-refractivity contribution in [3.05, 3.63) is 23.8 Å². The third-order valence-electron chi connectivity index (χ3n) is 4.06. The normalized spacial score (nSPS) is 11.6. The lowest BCUT2D eigenvalue weighted by molar-refractivity contribution is -0.131. The number of benzene rings is 1. The summed E-state index contributed by atoms with van der Waals surface area (Å²) in [7, 11) is 0. The van der Waals surface area contributed by atoms with Crippen molar-refractivity contribution >= 4 is 17.7 Å². The maximum Gasteiger partial charge on any atom is 0.243 e. The van der Waals surface area contributed by atoms with Crippen LogP contribution in [0.2, 0.25) is 0 Å². The van der Waals surface area contributed by atoms with Crippen molar-refractivity contribution in [3.63, 3.8) is 0 Å². The number of nitrogens with one attached hydrogen (secondary N) is 3. The maximum atomic E-state index is 12.3. The van der Waals surface area contributed by atoms with Gasteiger partial charge in [0.2, 0.25) is 17.7 Å². The highest BCUT2D eigenvalue weighted by Gasteiger charge is 2.23. The molecule has 1 rings (SSSR count). The van der Waals surface area contributed by atoms with Gasteiger partial charge in [-0.25, -0.2) is 0 Å². The third kappa shape index (κ3) is 9.22. The maximum absolute atomic E-state index is 12.3. The molecule has 156 valence electrons. The number of rotatable bonds is 13. The average Bonchev–Trinajstić information content (AvgIpc) is 2.62. The van der Waals surface area contributed by atoms with E-state index in [4.69, 9.17) is 5.73 Å². The van der Waals surface area contributed by atoms with Crippen LogP contribution < -0.4 is 21.7 Å². The molecule has 7 N–H and O–H groups in total. The molecule has 1 aromatic rings. The fraction of sp³-hybridized carbons (Fsp3) is 0.526. The van der Waals surface area contributed by atoms with Gasteiger partial charge in [-0.05, 0) is 32.0 Å². The highest BCUT2D eigenvalue weighted by Crippen LogP contribution is 2.22. The van der Waals surface area contributed by atoms with Gasteiger partial charge in [-0.15, -0.1) is 0 Å². The number of carbonyl (C=O) groups excluding carboxylic acids is 3. The minimum Gasteiger partial charge on any atom is -0.508 e. The molecule has 0 saturated heterocycles. The molecule has 0 heterocycles. The van der Waals surface area contributed by atoms with Crippen LogP contribution in [-0.4, -0.2) is 53.6 Å². The molecule has 0 bridgehead atoms. The van der Waals surface area contributed by atoms with Crippen LogP contribution in [0, 0.1) is 0 Å². The number of phenols is 2. The number of phenolic OH excluding ortho intramolecular Hbond substituents is 2. The molecule has 0 aliphatic heterocycles. The first-order chi connectivity index (χ1) is 13.3. The fourth-order valence-corrected chi connectivity index (χ4v) is 2.59. The van der Waals surface area contributed by atoms with Gasteiger partial charge in [0.05, 0.1) is 12.8 Å². The zero-order valence-electron chi connectivity index (χ0n) is 16.2. The second kappa shape index (κ2) is 12.6. The summed E-state index contributed by atoms with van der Waals surface area (Å²) in [6.45, 7) is 4.33. The van der Waals surface area contributed by atoms with Crippen molar-refractivity contribution in [3.8, 4) is 11.5 Å². The number of amides is 3. The van der Waals surface area contributed by atoms with Crippen LogP contribution in [0.3, 0.4) is 0 Å². The second-order valence-corrected chi connectivity index (χ2v) is 6.49. The van der Waals surface area contributed by atoms with Gasteiger partial charge in [0.15, 0.2) is 0 Å². The van der Waals surface area contributed by atoms with E-state index in [1.165, 1.54) is 12.1 Å². The van der Waals surface area contributed by atoms with Crippen molar-refractivity contribution in [2.75, 3.05) is 19.6 Å². The minimum absolute atomic E-state index is 0.127. The van der Waals surface area contributed by atoms with Crippen LogP contribution in [0.1, 0.15) is 38.2 Å². The Kier molecular flexibility index (Phi) is 10.4. The summed E-state index contributed by atoms with van der Waals surface area (Å²) in [6, 6.07) is 2.78. The molecule has 0 aliphatic rings. The first-order valence-corrected chi connectivity index (χ1v) is 9.40. The number of hydrogen-bond acceptors (Lipinski definition) is 6. The van der Waals surface area contributed by atoms with Crippen LogP contribution in [0.4, 0.5) is 0 Å². The molecule has 0 aromatic heterocycles. The number of unbranched alkanes of at least 4 members (excludes halogenated alkanes) is 2. The number of nitrogens with two attached hydrogens (primary N) is 1. The summed E-state index contributed by atoms with van der Waals surface area (Å²) in [5, 5.41) is 27.4. The van der Waals surface area contributed by atoms with Gasteiger partial charge in [-0.2, -0.15) is 0 Å². The highest BCUT2D eigenvalue weighted by atomic mass is 16.3. The van der Waals surface area contributed by atoms with E-state index >= 15 is 0 Å².